The number of carbonyl (C=O) groups is 1. The number of carbonyl (C=O) groups excluding carboxylic acids is 1. The van der Waals surface area contributed by atoms with Crippen molar-refractivity contribution in [1.29, 1.82) is 0 Å². The van der Waals surface area contributed by atoms with Crippen LogP contribution >= 0.6 is 11.6 Å². The summed E-state index contributed by atoms with van der Waals surface area (Å²) < 4.78 is 22.1. The van der Waals surface area contributed by atoms with Crippen molar-refractivity contribution in [2.45, 2.75) is 0 Å². The zero-order valence-electron chi connectivity index (χ0n) is 18.1. The maximum atomic E-state index is 12.1. The number of esters is 1. The average molecular weight is 492 g/mol. The van der Waals surface area contributed by atoms with E-state index in [9.17, 15) is 14.9 Å². The number of nitro groups is 1. The quantitative estimate of drug-likeness (QED) is 0.110. The molecule has 0 heterocycles. The monoisotopic (exact) mass is 491 g/mol. The third kappa shape index (κ3) is 6.96. The number of nitro benzene ring substituents is 1. The fourth-order valence-electron chi connectivity index (χ4n) is 2.89. The number of non-ortho nitro benzene ring substituents is 1. The molecule has 0 spiro atoms. The Morgan fingerprint density at radius 3 is 1.54 bits per heavy atom. The van der Waals surface area contributed by atoms with Gasteiger partial charge in [-0.3, -0.25) is 10.1 Å². The maximum Gasteiger partial charge on any atom is 0.349 e. The Bertz CT molecular complexity index is 1290. The lowest BCUT2D eigenvalue weighted by Crippen LogP contribution is -2.17. The van der Waals surface area contributed by atoms with E-state index in [0.717, 1.165) is 0 Å². The van der Waals surface area contributed by atoms with E-state index in [-0.39, 0.29) is 12.3 Å². The minimum atomic E-state index is -0.574. The maximum absolute atomic E-state index is 12.1. The van der Waals surface area contributed by atoms with Gasteiger partial charge in [-0.25, -0.2) is 4.79 Å². The van der Waals surface area contributed by atoms with E-state index in [0.29, 0.717) is 39.5 Å². The van der Waals surface area contributed by atoms with Gasteiger partial charge in [-0.15, -0.1) is 0 Å². The van der Waals surface area contributed by atoms with Gasteiger partial charge in [-0.2, -0.15) is 0 Å². The van der Waals surface area contributed by atoms with Gasteiger partial charge in [-0.1, -0.05) is 11.6 Å². The van der Waals surface area contributed by atoms with Crippen LogP contribution in [-0.2, 0) is 4.79 Å². The topological polar surface area (TPSA) is 97.1 Å². The summed E-state index contributed by atoms with van der Waals surface area (Å²) in [6, 6.07) is 25.9. The first-order valence-corrected chi connectivity index (χ1v) is 10.7. The number of benzene rings is 4. The number of nitrogens with zero attached hydrogens (tertiary/aromatic N) is 1. The summed E-state index contributed by atoms with van der Waals surface area (Å²) in [4.78, 5) is 22.3. The van der Waals surface area contributed by atoms with E-state index in [2.05, 4.69) is 0 Å². The zero-order valence-corrected chi connectivity index (χ0v) is 18.9. The van der Waals surface area contributed by atoms with E-state index in [1.807, 2.05) is 0 Å². The number of rotatable bonds is 9. The molecule has 0 N–H and O–H groups in total. The second kappa shape index (κ2) is 11.0. The summed E-state index contributed by atoms with van der Waals surface area (Å²) >= 11 is 5.86. The second-order valence-corrected chi connectivity index (χ2v) is 7.55. The molecule has 0 saturated heterocycles. The molecule has 0 aliphatic heterocycles. The Morgan fingerprint density at radius 1 is 0.657 bits per heavy atom. The van der Waals surface area contributed by atoms with Gasteiger partial charge >= 0.3 is 5.97 Å². The molecule has 0 bridgehead atoms. The van der Waals surface area contributed by atoms with Crippen molar-refractivity contribution >= 4 is 23.3 Å². The molecule has 0 atom stereocenters. The predicted molar refractivity (Wildman–Crippen MR) is 129 cm³/mol. The van der Waals surface area contributed by atoms with Gasteiger partial charge in [0.05, 0.1) is 4.92 Å². The van der Waals surface area contributed by atoms with Crippen molar-refractivity contribution < 1.29 is 28.7 Å². The van der Waals surface area contributed by atoms with E-state index >= 15 is 0 Å². The van der Waals surface area contributed by atoms with Gasteiger partial charge in [0.2, 0.25) is 0 Å². The molecule has 0 unspecified atom stereocenters. The van der Waals surface area contributed by atoms with Crippen molar-refractivity contribution in [2.75, 3.05) is 6.61 Å². The molecule has 0 aromatic heterocycles. The molecule has 35 heavy (non-hydrogen) atoms. The molecule has 0 fully saturated rings. The number of hydrogen-bond donors (Lipinski definition) is 0. The Labute approximate surface area is 205 Å². The fourth-order valence-corrected chi connectivity index (χ4v) is 3.02. The van der Waals surface area contributed by atoms with E-state index < -0.39 is 10.9 Å². The third-order valence-electron chi connectivity index (χ3n) is 4.57. The number of hydrogen-bond acceptors (Lipinski definition) is 7. The largest absolute Gasteiger partial charge is 0.482 e. The molecule has 4 aromatic carbocycles. The lowest BCUT2D eigenvalue weighted by Gasteiger charge is -2.09. The smallest absolute Gasteiger partial charge is 0.349 e. The van der Waals surface area contributed by atoms with Crippen molar-refractivity contribution in [1.82, 2.24) is 0 Å². The average Bonchev–Trinajstić information content (AvgIpc) is 2.86. The van der Waals surface area contributed by atoms with Crippen molar-refractivity contribution in [3.63, 3.8) is 0 Å². The van der Waals surface area contributed by atoms with Crippen molar-refractivity contribution in [2.24, 2.45) is 0 Å². The minimum Gasteiger partial charge on any atom is -0.482 e. The zero-order chi connectivity index (χ0) is 24.6. The summed E-state index contributed by atoms with van der Waals surface area (Å²) in [7, 11) is 0. The van der Waals surface area contributed by atoms with Crippen molar-refractivity contribution in [3.8, 4) is 34.5 Å². The Hall–Kier alpha value is -4.56. The predicted octanol–water partition coefficient (Wildman–Crippen LogP) is 6.82. The molecule has 4 aromatic rings. The normalized spacial score (nSPS) is 10.3. The Kier molecular flexibility index (Phi) is 7.44. The molecule has 176 valence electrons. The van der Waals surface area contributed by atoms with Crippen LogP contribution in [0.25, 0.3) is 0 Å². The lowest BCUT2D eigenvalue weighted by atomic mass is 10.3. The first kappa shape index (κ1) is 23.6. The number of halogens is 1. The molecule has 0 radical (unpaired) electrons. The highest BCUT2D eigenvalue weighted by Crippen LogP contribution is 2.27. The van der Waals surface area contributed by atoms with Crippen LogP contribution in [0.15, 0.2) is 97.1 Å². The molecule has 9 heteroatoms. The molecule has 0 saturated carbocycles. The van der Waals surface area contributed by atoms with Crippen molar-refractivity contribution in [3.05, 3.63) is 112 Å². The standard InChI is InChI=1S/C26H18ClNO7/c27-18-1-5-21(6-2-18)33-23-11-9-20(10-12-23)32-17-26(29)35-25-15-13-24(14-16-25)34-22-7-3-19(4-8-22)28(30)31/h1-16H,17H2. The van der Waals surface area contributed by atoms with Crippen LogP contribution in [0.5, 0.6) is 34.5 Å². The van der Waals surface area contributed by atoms with Crippen LogP contribution in [0.2, 0.25) is 5.02 Å². The summed E-state index contributed by atoms with van der Waals surface area (Å²) in [5.41, 5.74) is -0.0240. The van der Waals surface area contributed by atoms with Crippen LogP contribution in [0.3, 0.4) is 0 Å². The summed E-state index contributed by atoms with van der Waals surface area (Å²) in [5, 5.41) is 11.3. The third-order valence-corrected chi connectivity index (χ3v) is 4.82. The minimum absolute atomic E-state index is 0.0240. The van der Waals surface area contributed by atoms with Crippen LogP contribution in [-0.4, -0.2) is 17.5 Å². The van der Waals surface area contributed by atoms with E-state index in [1.54, 1.807) is 72.8 Å². The Balaban J connectivity index is 1.24. The highest BCUT2D eigenvalue weighted by atomic mass is 35.5. The van der Waals surface area contributed by atoms with Gasteiger partial charge in [-0.05, 0) is 84.9 Å². The molecule has 0 aliphatic rings. The SMILES string of the molecule is O=C(COc1ccc(Oc2ccc(Cl)cc2)cc1)Oc1ccc(Oc2ccc([N+](=O)[O-])cc2)cc1. The summed E-state index contributed by atoms with van der Waals surface area (Å²) in [5.74, 6) is 2.41. The summed E-state index contributed by atoms with van der Waals surface area (Å²) in [6.45, 7) is -0.279. The molecular formula is C26H18ClNO7. The van der Waals surface area contributed by atoms with Gasteiger partial charge < -0.3 is 18.9 Å². The Morgan fingerprint density at radius 2 is 1.06 bits per heavy atom. The highest BCUT2D eigenvalue weighted by molar-refractivity contribution is 6.30. The molecule has 8 nitrogen and oxygen atoms in total. The van der Waals surface area contributed by atoms with Gasteiger partial charge in [0, 0.05) is 17.2 Å². The van der Waals surface area contributed by atoms with Crippen LogP contribution < -0.4 is 18.9 Å². The second-order valence-electron chi connectivity index (χ2n) is 7.11. The van der Waals surface area contributed by atoms with Crippen LogP contribution in [0.1, 0.15) is 0 Å². The van der Waals surface area contributed by atoms with Gasteiger partial charge in [0.15, 0.2) is 6.61 Å². The van der Waals surface area contributed by atoms with Gasteiger partial charge in [0.25, 0.3) is 5.69 Å². The molecule has 0 amide bonds. The van der Waals surface area contributed by atoms with Crippen LogP contribution in [0.4, 0.5) is 5.69 Å². The summed E-state index contributed by atoms with van der Waals surface area (Å²) in [6.07, 6.45) is 0. The van der Waals surface area contributed by atoms with E-state index in [1.165, 1.54) is 24.3 Å². The first-order chi connectivity index (χ1) is 16.9. The van der Waals surface area contributed by atoms with Gasteiger partial charge in [0.1, 0.15) is 34.5 Å². The molecule has 0 aliphatic carbocycles. The lowest BCUT2D eigenvalue weighted by molar-refractivity contribution is -0.384. The fraction of sp³-hybridized carbons (Fsp3) is 0.0385. The highest BCUT2D eigenvalue weighted by Gasteiger charge is 2.09. The number of ether oxygens (including phenoxy) is 4. The van der Waals surface area contributed by atoms with Crippen LogP contribution in [0, 0.1) is 10.1 Å². The first-order valence-electron chi connectivity index (χ1n) is 10.3. The molecule has 4 rings (SSSR count). The van der Waals surface area contributed by atoms with E-state index in [4.69, 9.17) is 30.5 Å². The molecular weight excluding hydrogens is 474 g/mol.